The van der Waals surface area contributed by atoms with Crippen LogP contribution in [0.1, 0.15) is 13.8 Å². The third-order valence-corrected chi connectivity index (χ3v) is 1.06. The summed E-state index contributed by atoms with van der Waals surface area (Å²) in [6.07, 6.45) is 0.169. The van der Waals surface area contributed by atoms with Crippen LogP contribution in [-0.2, 0) is 9.47 Å². The monoisotopic (exact) mass is 150 g/mol. The summed E-state index contributed by atoms with van der Waals surface area (Å²) in [7, 11) is 0. The van der Waals surface area contributed by atoms with E-state index < -0.39 is 0 Å². The van der Waals surface area contributed by atoms with E-state index >= 15 is 0 Å². The summed E-state index contributed by atoms with van der Waals surface area (Å²) in [5, 5.41) is 0. The van der Waals surface area contributed by atoms with Gasteiger partial charge in [0.2, 0.25) is 0 Å². The molecule has 0 amide bonds. The van der Waals surface area contributed by atoms with Gasteiger partial charge < -0.3 is 9.47 Å². The lowest BCUT2D eigenvalue weighted by molar-refractivity contribution is 0.0172. The van der Waals surface area contributed by atoms with Gasteiger partial charge in [-0.2, -0.15) is 12.6 Å². The Kier molecular flexibility index (Phi) is 6.58. The average molecular weight is 150 g/mol. The quantitative estimate of drug-likeness (QED) is 0.470. The normalized spacial score (nSPS) is 13.7. The molecule has 0 fully saturated rings. The molecule has 0 aliphatic heterocycles. The van der Waals surface area contributed by atoms with Crippen LogP contribution in [0.3, 0.4) is 0 Å². The Balaban J connectivity index is 2.95. The van der Waals surface area contributed by atoms with Gasteiger partial charge in [0.05, 0.1) is 18.6 Å². The van der Waals surface area contributed by atoms with Crippen molar-refractivity contribution in [3.05, 3.63) is 0 Å². The number of rotatable bonds is 5. The fraction of sp³-hybridized carbons (Fsp3) is 1.00. The third-order valence-electron chi connectivity index (χ3n) is 0.916. The number of hydrogen-bond donors (Lipinski definition) is 1. The maximum atomic E-state index is 5.09. The van der Waals surface area contributed by atoms with Crippen molar-refractivity contribution >= 4 is 12.6 Å². The Labute approximate surface area is 61.9 Å². The highest BCUT2D eigenvalue weighted by Gasteiger charge is 1.97. The fourth-order valence-corrected chi connectivity index (χ4v) is 0.714. The highest BCUT2D eigenvalue weighted by Crippen LogP contribution is 1.92. The van der Waals surface area contributed by atoms with Gasteiger partial charge in [-0.1, -0.05) is 0 Å². The van der Waals surface area contributed by atoms with Crippen molar-refractivity contribution in [3.63, 3.8) is 0 Å². The Morgan fingerprint density at radius 3 is 2.67 bits per heavy atom. The van der Waals surface area contributed by atoms with Crippen molar-refractivity contribution < 1.29 is 9.47 Å². The Morgan fingerprint density at radius 2 is 2.22 bits per heavy atom. The summed E-state index contributed by atoms with van der Waals surface area (Å²) in [5.41, 5.74) is 0. The van der Waals surface area contributed by atoms with E-state index in [0.717, 1.165) is 6.61 Å². The van der Waals surface area contributed by atoms with E-state index in [9.17, 15) is 0 Å². The van der Waals surface area contributed by atoms with Crippen LogP contribution < -0.4 is 0 Å². The first-order valence-electron chi connectivity index (χ1n) is 3.11. The first kappa shape index (κ1) is 9.27. The van der Waals surface area contributed by atoms with E-state index in [1.165, 1.54) is 0 Å². The number of thiol groups is 1. The van der Waals surface area contributed by atoms with E-state index in [-0.39, 0.29) is 6.10 Å². The minimum Gasteiger partial charge on any atom is -0.379 e. The first-order valence-corrected chi connectivity index (χ1v) is 3.74. The molecule has 0 saturated carbocycles. The molecule has 56 valence electrons. The smallest absolute Gasteiger partial charge is 0.0897 e. The SMILES string of the molecule is CCOCC(C)OCS. The van der Waals surface area contributed by atoms with Crippen LogP contribution in [0.25, 0.3) is 0 Å². The summed E-state index contributed by atoms with van der Waals surface area (Å²) >= 11 is 3.90. The van der Waals surface area contributed by atoms with E-state index in [1.54, 1.807) is 0 Å². The van der Waals surface area contributed by atoms with Gasteiger partial charge >= 0.3 is 0 Å². The zero-order valence-corrected chi connectivity index (χ0v) is 6.86. The molecule has 0 bridgehead atoms. The summed E-state index contributed by atoms with van der Waals surface area (Å²) < 4.78 is 10.2. The van der Waals surface area contributed by atoms with Gasteiger partial charge in [0.25, 0.3) is 0 Å². The highest BCUT2D eigenvalue weighted by atomic mass is 32.1. The van der Waals surface area contributed by atoms with Gasteiger partial charge in [-0.25, -0.2) is 0 Å². The van der Waals surface area contributed by atoms with E-state index in [1.807, 2.05) is 13.8 Å². The van der Waals surface area contributed by atoms with Gasteiger partial charge in [-0.3, -0.25) is 0 Å². The minimum absolute atomic E-state index is 0.169. The minimum atomic E-state index is 0.169. The topological polar surface area (TPSA) is 18.5 Å². The van der Waals surface area contributed by atoms with Crippen LogP contribution in [0.4, 0.5) is 0 Å². The second-order valence-corrected chi connectivity index (χ2v) is 2.02. The molecule has 0 aliphatic rings. The lowest BCUT2D eigenvalue weighted by Crippen LogP contribution is -2.14. The Hall–Kier alpha value is 0.270. The van der Waals surface area contributed by atoms with Crippen molar-refractivity contribution in [3.8, 4) is 0 Å². The maximum absolute atomic E-state index is 5.09. The van der Waals surface area contributed by atoms with Crippen molar-refractivity contribution in [1.82, 2.24) is 0 Å². The van der Waals surface area contributed by atoms with Gasteiger partial charge in [-0.05, 0) is 13.8 Å². The Morgan fingerprint density at radius 1 is 1.56 bits per heavy atom. The molecule has 9 heavy (non-hydrogen) atoms. The summed E-state index contributed by atoms with van der Waals surface area (Å²) in [6, 6.07) is 0. The molecule has 0 aromatic rings. The van der Waals surface area contributed by atoms with Crippen LogP contribution in [0.5, 0.6) is 0 Å². The van der Waals surface area contributed by atoms with Crippen molar-refractivity contribution in [1.29, 1.82) is 0 Å². The van der Waals surface area contributed by atoms with Crippen LogP contribution in [-0.4, -0.2) is 25.3 Å². The highest BCUT2D eigenvalue weighted by molar-refractivity contribution is 7.80. The van der Waals surface area contributed by atoms with Gasteiger partial charge in [-0.15, -0.1) is 0 Å². The second kappa shape index (κ2) is 6.39. The molecule has 1 unspecified atom stereocenters. The van der Waals surface area contributed by atoms with Crippen LogP contribution in [0, 0.1) is 0 Å². The molecule has 0 spiro atoms. The molecular formula is C6H14O2S. The molecule has 0 radical (unpaired) electrons. The largest absolute Gasteiger partial charge is 0.379 e. The molecule has 0 aliphatic carbocycles. The summed E-state index contributed by atoms with van der Waals surface area (Å²) in [5.74, 6) is 0.467. The van der Waals surface area contributed by atoms with Crippen molar-refractivity contribution in [2.75, 3.05) is 19.2 Å². The van der Waals surface area contributed by atoms with Gasteiger partial charge in [0, 0.05) is 6.61 Å². The summed E-state index contributed by atoms with van der Waals surface area (Å²) in [4.78, 5) is 0. The zero-order valence-electron chi connectivity index (χ0n) is 5.96. The zero-order chi connectivity index (χ0) is 7.11. The molecule has 0 heterocycles. The molecule has 0 aromatic heterocycles. The van der Waals surface area contributed by atoms with Crippen molar-refractivity contribution in [2.24, 2.45) is 0 Å². The number of ether oxygens (including phenoxy) is 2. The lowest BCUT2D eigenvalue weighted by Gasteiger charge is -2.09. The second-order valence-electron chi connectivity index (χ2n) is 1.77. The maximum Gasteiger partial charge on any atom is 0.0897 e. The molecule has 1 atom stereocenters. The predicted octanol–water partition coefficient (Wildman–Crippen LogP) is 1.32. The molecule has 0 aromatic carbocycles. The molecular weight excluding hydrogens is 136 g/mol. The molecule has 0 rings (SSSR count). The molecule has 2 nitrogen and oxygen atoms in total. The van der Waals surface area contributed by atoms with Crippen LogP contribution >= 0.6 is 12.6 Å². The standard InChI is InChI=1S/C6H14O2S/c1-3-7-4-6(2)8-5-9/h6,9H,3-5H2,1-2H3. The Bertz CT molecular complexity index is 59.0. The fourth-order valence-electron chi connectivity index (χ4n) is 0.459. The van der Waals surface area contributed by atoms with Gasteiger partial charge in [0.1, 0.15) is 0 Å². The van der Waals surface area contributed by atoms with Gasteiger partial charge in [0.15, 0.2) is 0 Å². The predicted molar refractivity (Wildman–Crippen MR) is 40.9 cm³/mol. The van der Waals surface area contributed by atoms with Crippen LogP contribution in [0.15, 0.2) is 0 Å². The first-order chi connectivity index (χ1) is 4.31. The van der Waals surface area contributed by atoms with E-state index in [4.69, 9.17) is 9.47 Å². The number of hydrogen-bond acceptors (Lipinski definition) is 3. The lowest BCUT2D eigenvalue weighted by atomic mass is 10.4. The molecule has 0 N–H and O–H groups in total. The van der Waals surface area contributed by atoms with E-state index in [2.05, 4.69) is 12.6 Å². The third kappa shape index (κ3) is 6.15. The van der Waals surface area contributed by atoms with E-state index in [0.29, 0.717) is 12.5 Å². The van der Waals surface area contributed by atoms with Crippen molar-refractivity contribution in [2.45, 2.75) is 20.0 Å². The van der Waals surface area contributed by atoms with Crippen LogP contribution in [0.2, 0.25) is 0 Å². The average Bonchev–Trinajstić information content (AvgIpc) is 1.85. The molecule has 0 saturated heterocycles. The molecule has 3 heteroatoms. The summed E-state index contributed by atoms with van der Waals surface area (Å²) in [6.45, 7) is 5.34.